The number of hydrogen-bond acceptors (Lipinski definition) is 7. The minimum atomic E-state index is -4.30. The number of ether oxygens (including phenoxy) is 3. The molecule has 0 saturated heterocycles. The van der Waals surface area contributed by atoms with Gasteiger partial charge >= 0.3 is 0 Å². The highest BCUT2D eigenvalue weighted by Gasteiger charge is 2.26. The third-order valence-corrected chi connectivity index (χ3v) is 5.95. The number of rotatable bonds is 5. The van der Waals surface area contributed by atoms with Gasteiger partial charge in [-0.05, 0) is 12.1 Å². The normalized spacial score (nSPS) is 13.0. The molecule has 1 N–H and O–H groups in total. The second kappa shape index (κ2) is 7.88. The Morgan fingerprint density at radius 1 is 1.20 bits per heavy atom. The summed E-state index contributed by atoms with van der Waals surface area (Å²) in [6.45, 7) is 0.611. The average molecular weight is 450 g/mol. The molecule has 1 aromatic heterocycles. The van der Waals surface area contributed by atoms with Crippen molar-refractivity contribution in [3.63, 3.8) is 0 Å². The molecule has 0 radical (unpaired) electrons. The topological polar surface area (TPSA) is 109 Å². The summed E-state index contributed by atoms with van der Waals surface area (Å²) < 4.78 is 45.7. The molecule has 1 aliphatic rings. The van der Waals surface area contributed by atoms with E-state index in [9.17, 15) is 13.2 Å². The van der Waals surface area contributed by atoms with E-state index in [0.29, 0.717) is 18.1 Å². The van der Waals surface area contributed by atoms with Crippen molar-refractivity contribution < 1.29 is 27.4 Å². The third-order valence-electron chi connectivity index (χ3n) is 4.15. The molecular formula is C19H16ClN3O6S. The summed E-state index contributed by atoms with van der Waals surface area (Å²) >= 11 is 6.12. The first-order valence-electron chi connectivity index (χ1n) is 8.75. The van der Waals surface area contributed by atoms with Crippen LogP contribution in [-0.2, 0) is 17.1 Å². The molecule has 9 nitrogen and oxygen atoms in total. The van der Waals surface area contributed by atoms with Crippen molar-refractivity contribution in [2.24, 2.45) is 7.05 Å². The zero-order valence-corrected chi connectivity index (χ0v) is 17.2. The number of hydrogen-bond donors (Lipinski definition) is 1. The summed E-state index contributed by atoms with van der Waals surface area (Å²) in [6.07, 6.45) is 3.08. The Bertz CT molecular complexity index is 1220. The Labute approximate surface area is 177 Å². The SMILES string of the molecule is Cn1cc(Oc2ccccc2C(=O)NS(=O)(=O)c2cc3c(cc2Cl)OCCO3)cn1. The highest BCUT2D eigenvalue weighted by atomic mass is 35.5. The fourth-order valence-corrected chi connectivity index (χ4v) is 4.31. The Morgan fingerprint density at radius 2 is 1.90 bits per heavy atom. The first kappa shape index (κ1) is 20.0. The van der Waals surface area contributed by atoms with Gasteiger partial charge in [-0.2, -0.15) is 5.10 Å². The van der Waals surface area contributed by atoms with E-state index in [2.05, 4.69) is 5.10 Å². The molecule has 0 atom stereocenters. The molecule has 0 fully saturated rings. The van der Waals surface area contributed by atoms with Crippen LogP contribution in [0.15, 0.2) is 53.7 Å². The maximum Gasteiger partial charge on any atom is 0.268 e. The Hall–Kier alpha value is -3.24. The van der Waals surface area contributed by atoms with E-state index in [-0.39, 0.29) is 33.6 Å². The molecule has 4 rings (SSSR count). The van der Waals surface area contributed by atoms with Crippen molar-refractivity contribution in [2.75, 3.05) is 13.2 Å². The number of halogens is 1. The van der Waals surface area contributed by atoms with Crippen molar-refractivity contribution in [1.82, 2.24) is 14.5 Å². The van der Waals surface area contributed by atoms with Crippen LogP contribution >= 0.6 is 11.6 Å². The second-order valence-corrected chi connectivity index (χ2v) is 8.37. The van der Waals surface area contributed by atoms with Crippen LogP contribution in [0, 0.1) is 0 Å². The molecule has 3 aromatic rings. The monoisotopic (exact) mass is 449 g/mol. The van der Waals surface area contributed by atoms with Gasteiger partial charge in [-0.1, -0.05) is 23.7 Å². The van der Waals surface area contributed by atoms with E-state index in [1.54, 1.807) is 31.4 Å². The lowest BCUT2D eigenvalue weighted by Crippen LogP contribution is -2.31. The predicted octanol–water partition coefficient (Wildman–Crippen LogP) is 2.76. The number of amides is 1. The summed E-state index contributed by atoms with van der Waals surface area (Å²) in [7, 11) is -2.58. The number of aromatic nitrogens is 2. The van der Waals surface area contributed by atoms with Crippen molar-refractivity contribution in [2.45, 2.75) is 4.90 Å². The van der Waals surface area contributed by atoms with Crippen LogP contribution in [0.1, 0.15) is 10.4 Å². The summed E-state index contributed by atoms with van der Waals surface area (Å²) in [6, 6.07) is 8.82. The van der Waals surface area contributed by atoms with Crippen molar-refractivity contribution in [3.05, 3.63) is 59.4 Å². The molecule has 2 aromatic carbocycles. The zero-order chi connectivity index (χ0) is 21.3. The number of aryl methyl sites for hydroxylation is 1. The molecule has 0 saturated carbocycles. The quantitative estimate of drug-likeness (QED) is 0.637. The zero-order valence-electron chi connectivity index (χ0n) is 15.7. The van der Waals surface area contributed by atoms with Crippen molar-refractivity contribution >= 4 is 27.5 Å². The van der Waals surface area contributed by atoms with Gasteiger partial charge in [0.05, 0.1) is 23.0 Å². The molecule has 0 spiro atoms. The molecule has 1 aliphatic heterocycles. The van der Waals surface area contributed by atoms with E-state index in [1.807, 2.05) is 4.72 Å². The summed E-state index contributed by atoms with van der Waals surface area (Å²) in [5.74, 6) is 0.271. The molecule has 156 valence electrons. The number of nitrogens with one attached hydrogen (secondary N) is 1. The molecule has 30 heavy (non-hydrogen) atoms. The van der Waals surface area contributed by atoms with Crippen LogP contribution in [0.5, 0.6) is 23.0 Å². The largest absolute Gasteiger partial charge is 0.486 e. The molecule has 1 amide bonds. The van der Waals surface area contributed by atoms with E-state index in [4.69, 9.17) is 25.8 Å². The van der Waals surface area contributed by atoms with Gasteiger partial charge in [-0.15, -0.1) is 0 Å². The number of nitrogens with zero attached hydrogens (tertiary/aromatic N) is 2. The minimum Gasteiger partial charge on any atom is -0.486 e. The maximum absolute atomic E-state index is 12.8. The standard InChI is InChI=1S/C19H16ClN3O6S/c1-23-11-12(10-21-23)29-15-5-3-2-4-13(15)19(24)22-30(25,26)18-9-17-16(8-14(18)20)27-6-7-28-17/h2-5,8-11H,6-7H2,1H3,(H,22,24). The highest BCUT2D eigenvalue weighted by molar-refractivity contribution is 7.90. The number of carbonyl (C=O) groups is 1. The fourth-order valence-electron chi connectivity index (χ4n) is 2.80. The van der Waals surface area contributed by atoms with E-state index in [0.717, 1.165) is 0 Å². The molecule has 11 heteroatoms. The average Bonchev–Trinajstić information content (AvgIpc) is 3.12. The first-order valence-corrected chi connectivity index (χ1v) is 10.6. The van der Waals surface area contributed by atoms with E-state index in [1.165, 1.54) is 29.1 Å². The van der Waals surface area contributed by atoms with Crippen LogP contribution in [0.2, 0.25) is 5.02 Å². The fraction of sp³-hybridized carbons (Fsp3) is 0.158. The predicted molar refractivity (Wildman–Crippen MR) is 107 cm³/mol. The number of fused-ring (bicyclic) bond motifs is 1. The smallest absolute Gasteiger partial charge is 0.268 e. The number of benzene rings is 2. The van der Waals surface area contributed by atoms with Crippen LogP contribution < -0.4 is 18.9 Å². The van der Waals surface area contributed by atoms with Crippen molar-refractivity contribution in [3.8, 4) is 23.0 Å². The van der Waals surface area contributed by atoms with Gasteiger partial charge in [-0.25, -0.2) is 13.1 Å². The Kier molecular flexibility index (Phi) is 5.27. The minimum absolute atomic E-state index is 0.0265. The van der Waals surface area contributed by atoms with Gasteiger partial charge in [0.15, 0.2) is 17.2 Å². The van der Waals surface area contributed by atoms with Gasteiger partial charge in [0.25, 0.3) is 15.9 Å². The lowest BCUT2D eigenvalue weighted by atomic mass is 10.2. The van der Waals surface area contributed by atoms with Gasteiger partial charge in [0.1, 0.15) is 23.9 Å². The second-order valence-electron chi connectivity index (χ2n) is 6.31. The van der Waals surface area contributed by atoms with Gasteiger partial charge in [0, 0.05) is 19.2 Å². The Balaban J connectivity index is 1.61. The van der Waals surface area contributed by atoms with Crippen LogP contribution in [0.25, 0.3) is 0 Å². The first-order chi connectivity index (χ1) is 14.3. The van der Waals surface area contributed by atoms with Crippen LogP contribution in [0.3, 0.4) is 0 Å². The number of sulfonamides is 1. The third kappa shape index (κ3) is 4.05. The van der Waals surface area contributed by atoms with E-state index >= 15 is 0 Å². The summed E-state index contributed by atoms with van der Waals surface area (Å²) in [5, 5.41) is 3.89. The molecule has 0 unspecified atom stereocenters. The maximum atomic E-state index is 12.8. The number of carbonyl (C=O) groups excluding carboxylic acids is 1. The molecule has 2 heterocycles. The van der Waals surface area contributed by atoms with Crippen LogP contribution in [-0.4, -0.2) is 37.3 Å². The molecular weight excluding hydrogens is 434 g/mol. The van der Waals surface area contributed by atoms with E-state index < -0.39 is 15.9 Å². The lowest BCUT2D eigenvalue weighted by molar-refractivity contribution is 0.0979. The Morgan fingerprint density at radius 3 is 2.60 bits per heavy atom. The molecule has 0 bridgehead atoms. The highest BCUT2D eigenvalue weighted by Crippen LogP contribution is 2.37. The molecule has 0 aliphatic carbocycles. The van der Waals surface area contributed by atoms with Gasteiger partial charge < -0.3 is 14.2 Å². The number of para-hydroxylation sites is 1. The lowest BCUT2D eigenvalue weighted by Gasteiger charge is -2.20. The summed E-state index contributed by atoms with van der Waals surface area (Å²) in [5.41, 5.74) is 0.0265. The summed E-state index contributed by atoms with van der Waals surface area (Å²) in [4.78, 5) is 12.5. The van der Waals surface area contributed by atoms with Crippen molar-refractivity contribution in [1.29, 1.82) is 0 Å². The van der Waals surface area contributed by atoms with Gasteiger partial charge in [-0.3, -0.25) is 9.48 Å². The van der Waals surface area contributed by atoms with Crippen LogP contribution in [0.4, 0.5) is 0 Å². The van der Waals surface area contributed by atoms with Gasteiger partial charge in [0.2, 0.25) is 0 Å².